The molecular weight excluding hydrogens is 540 g/mol. The quantitative estimate of drug-likeness (QED) is 0.199. The zero-order valence-electron chi connectivity index (χ0n) is 13.0. The first-order valence-electron chi connectivity index (χ1n) is 6.54. The Morgan fingerprint density at radius 3 is 2.04 bits per heavy atom. The molecule has 2 aromatic heterocycles. The number of azide groups is 1. The number of hydrogen-bond donors (Lipinski definition) is 1. The maximum atomic E-state index is 8.75. The average molecular weight is 555 g/mol. The van der Waals surface area contributed by atoms with Gasteiger partial charge in [-0.1, -0.05) is 5.11 Å². The van der Waals surface area contributed by atoms with Crippen LogP contribution in [-0.2, 0) is 13.2 Å². The van der Waals surface area contributed by atoms with Crippen molar-refractivity contribution in [3.05, 3.63) is 53.5 Å². The van der Waals surface area contributed by atoms with Crippen LogP contribution in [0.5, 0.6) is 11.5 Å². The van der Waals surface area contributed by atoms with Crippen molar-refractivity contribution >= 4 is 45.2 Å². The lowest BCUT2D eigenvalue weighted by Crippen LogP contribution is -1.93. The SMILES string of the molecule is COc1cc(CN=[N+]=[N-])cnc1I.COc1cc(CO)cnc1I. The Bertz CT molecular complexity index is 724. The zero-order valence-corrected chi connectivity index (χ0v) is 17.3. The van der Waals surface area contributed by atoms with E-state index in [1.54, 1.807) is 32.7 Å². The van der Waals surface area contributed by atoms with E-state index < -0.39 is 0 Å². The van der Waals surface area contributed by atoms with E-state index in [4.69, 9.17) is 20.1 Å². The summed E-state index contributed by atoms with van der Waals surface area (Å²) in [5.74, 6) is 1.41. The van der Waals surface area contributed by atoms with E-state index in [-0.39, 0.29) is 6.61 Å². The molecule has 0 aliphatic heterocycles. The maximum Gasteiger partial charge on any atom is 0.151 e. The summed E-state index contributed by atoms with van der Waals surface area (Å²) >= 11 is 4.15. The topological polar surface area (TPSA) is 113 Å². The summed E-state index contributed by atoms with van der Waals surface area (Å²) in [5.41, 5.74) is 9.72. The minimum atomic E-state index is 0.000278. The van der Waals surface area contributed by atoms with Gasteiger partial charge in [-0.05, 0) is 74.0 Å². The first-order chi connectivity index (χ1) is 11.5. The third-order valence-electron chi connectivity index (χ3n) is 2.67. The molecule has 2 rings (SSSR count). The van der Waals surface area contributed by atoms with Crippen LogP contribution in [0.1, 0.15) is 11.1 Å². The van der Waals surface area contributed by atoms with Crippen LogP contribution in [0.15, 0.2) is 29.6 Å². The van der Waals surface area contributed by atoms with Crippen LogP contribution in [0.4, 0.5) is 0 Å². The van der Waals surface area contributed by atoms with E-state index >= 15 is 0 Å². The molecule has 0 aliphatic rings. The van der Waals surface area contributed by atoms with Crippen molar-refractivity contribution in [3.8, 4) is 11.5 Å². The van der Waals surface area contributed by atoms with Gasteiger partial charge in [0.2, 0.25) is 0 Å². The Kier molecular flexibility index (Phi) is 9.67. The van der Waals surface area contributed by atoms with Crippen molar-refractivity contribution < 1.29 is 14.6 Å². The lowest BCUT2D eigenvalue weighted by atomic mass is 10.3. The van der Waals surface area contributed by atoms with Crippen LogP contribution >= 0.6 is 45.2 Å². The van der Waals surface area contributed by atoms with Crippen LogP contribution in [0, 0.1) is 7.40 Å². The fourth-order valence-electron chi connectivity index (χ4n) is 1.51. The molecule has 0 bridgehead atoms. The highest BCUT2D eigenvalue weighted by atomic mass is 127. The van der Waals surface area contributed by atoms with Gasteiger partial charge in [-0.2, -0.15) is 0 Å². The van der Waals surface area contributed by atoms with Crippen LogP contribution in [0.2, 0.25) is 0 Å². The molecule has 8 nitrogen and oxygen atoms in total. The Morgan fingerprint density at radius 1 is 1.08 bits per heavy atom. The fraction of sp³-hybridized carbons (Fsp3) is 0.286. The molecule has 0 unspecified atom stereocenters. The third-order valence-corrected chi connectivity index (χ3v) is 4.29. The van der Waals surface area contributed by atoms with Gasteiger partial charge in [-0.3, -0.25) is 0 Å². The van der Waals surface area contributed by atoms with Crippen molar-refractivity contribution in [2.24, 2.45) is 5.11 Å². The molecule has 0 amide bonds. The highest BCUT2D eigenvalue weighted by Crippen LogP contribution is 2.20. The van der Waals surface area contributed by atoms with Gasteiger partial charge < -0.3 is 14.6 Å². The fourth-order valence-corrected chi connectivity index (χ4v) is 2.54. The highest BCUT2D eigenvalue weighted by Gasteiger charge is 2.02. The van der Waals surface area contributed by atoms with E-state index in [0.717, 1.165) is 18.5 Å². The first kappa shape index (κ1) is 20.7. The van der Waals surface area contributed by atoms with Crippen molar-refractivity contribution in [2.75, 3.05) is 14.2 Å². The monoisotopic (exact) mass is 555 g/mol. The van der Waals surface area contributed by atoms with Crippen molar-refractivity contribution in [1.29, 1.82) is 0 Å². The molecule has 2 heterocycles. The van der Waals surface area contributed by atoms with Crippen molar-refractivity contribution in [2.45, 2.75) is 13.2 Å². The molecular formula is C14H15I2N5O3. The van der Waals surface area contributed by atoms with Crippen LogP contribution in [0.3, 0.4) is 0 Å². The minimum absolute atomic E-state index is 0.000278. The van der Waals surface area contributed by atoms with E-state index in [0.29, 0.717) is 18.0 Å². The second kappa shape index (κ2) is 11.2. The number of nitrogens with zero attached hydrogens (tertiary/aromatic N) is 5. The summed E-state index contributed by atoms with van der Waals surface area (Å²) in [6.07, 6.45) is 3.29. The van der Waals surface area contributed by atoms with Crippen molar-refractivity contribution in [1.82, 2.24) is 9.97 Å². The highest BCUT2D eigenvalue weighted by molar-refractivity contribution is 14.1. The molecule has 2 aromatic rings. The summed E-state index contributed by atoms with van der Waals surface area (Å²) in [4.78, 5) is 10.8. The standard InChI is InChI=1S/C7H7IN4O.C7H8INO2/c1-13-6-2-5(4-11-12-9)3-10-7(6)8;1-11-6-2-5(4-10)3-9-7(6)8/h2-3H,4H2,1H3;2-3,10H,4H2,1H3. The molecule has 0 fully saturated rings. The molecule has 0 saturated heterocycles. The predicted molar refractivity (Wildman–Crippen MR) is 106 cm³/mol. The van der Waals surface area contributed by atoms with Gasteiger partial charge in [-0.15, -0.1) is 0 Å². The van der Waals surface area contributed by atoms with E-state index in [2.05, 4.69) is 65.2 Å². The second-order valence-electron chi connectivity index (χ2n) is 4.22. The zero-order chi connectivity index (χ0) is 17.9. The summed E-state index contributed by atoms with van der Waals surface area (Å²) in [5, 5.41) is 12.2. The summed E-state index contributed by atoms with van der Waals surface area (Å²) in [7, 11) is 3.16. The van der Waals surface area contributed by atoms with Crippen molar-refractivity contribution in [3.63, 3.8) is 0 Å². The number of rotatable bonds is 5. The van der Waals surface area contributed by atoms with E-state index in [1.807, 2.05) is 6.07 Å². The normalized spacial score (nSPS) is 9.38. The molecule has 0 atom stereocenters. The number of hydrogen-bond acceptors (Lipinski definition) is 6. The lowest BCUT2D eigenvalue weighted by Gasteiger charge is -2.03. The number of aliphatic hydroxyl groups is 1. The number of aromatic nitrogens is 2. The molecule has 0 aliphatic carbocycles. The van der Waals surface area contributed by atoms with E-state index in [9.17, 15) is 0 Å². The second-order valence-corrected chi connectivity index (χ2v) is 6.26. The molecule has 0 aromatic carbocycles. The van der Waals surface area contributed by atoms with E-state index in [1.165, 1.54) is 0 Å². The van der Waals surface area contributed by atoms with Gasteiger partial charge in [0.15, 0.2) is 11.5 Å². The van der Waals surface area contributed by atoms with Gasteiger partial charge in [0.1, 0.15) is 7.40 Å². The maximum absolute atomic E-state index is 8.75. The molecule has 0 radical (unpaired) electrons. The molecule has 0 spiro atoms. The minimum Gasteiger partial charge on any atom is -0.494 e. The number of halogens is 2. The number of methoxy groups -OCH3 is 2. The predicted octanol–water partition coefficient (Wildman–Crippen LogP) is 3.69. The van der Waals surface area contributed by atoms with Gasteiger partial charge in [-0.25, -0.2) is 9.97 Å². The number of aliphatic hydroxyl groups excluding tert-OH is 1. The summed E-state index contributed by atoms with van der Waals surface area (Å²) in [6, 6.07) is 3.58. The van der Waals surface area contributed by atoms with Gasteiger partial charge in [0, 0.05) is 17.3 Å². The molecule has 1 N–H and O–H groups in total. The molecule has 128 valence electrons. The molecule has 24 heavy (non-hydrogen) atoms. The van der Waals surface area contributed by atoms with Gasteiger partial charge in [0.25, 0.3) is 0 Å². The van der Waals surface area contributed by atoms with Crippen LogP contribution in [-0.4, -0.2) is 29.3 Å². The molecule has 10 heteroatoms. The Hall–Kier alpha value is -1.37. The Balaban J connectivity index is 0.000000243. The van der Waals surface area contributed by atoms with Crippen LogP contribution < -0.4 is 9.47 Å². The lowest BCUT2D eigenvalue weighted by molar-refractivity contribution is 0.280. The molecule has 0 saturated carbocycles. The smallest absolute Gasteiger partial charge is 0.151 e. The van der Waals surface area contributed by atoms with Gasteiger partial charge in [0.05, 0.1) is 27.4 Å². The number of ether oxygens (including phenoxy) is 2. The average Bonchev–Trinajstić information content (AvgIpc) is 2.62. The largest absolute Gasteiger partial charge is 0.494 e. The third kappa shape index (κ3) is 6.63. The Labute approximate surface area is 166 Å². The first-order valence-corrected chi connectivity index (χ1v) is 8.70. The summed E-state index contributed by atoms with van der Waals surface area (Å²) < 4.78 is 11.7. The van der Waals surface area contributed by atoms with Crippen LogP contribution in [0.25, 0.3) is 10.4 Å². The Morgan fingerprint density at radius 2 is 1.58 bits per heavy atom. The summed E-state index contributed by atoms with van der Waals surface area (Å²) in [6.45, 7) is 0.303. The number of pyridine rings is 2. The van der Waals surface area contributed by atoms with Gasteiger partial charge >= 0.3 is 0 Å².